The Kier molecular flexibility index (Phi) is 4.46. The molecule has 144 valence electrons. The monoisotopic (exact) mass is 378 g/mol. The van der Waals surface area contributed by atoms with Crippen molar-refractivity contribution >= 4 is 5.91 Å². The molecule has 0 saturated heterocycles. The van der Waals surface area contributed by atoms with Crippen LogP contribution in [0.4, 0.5) is 4.39 Å². The molecule has 1 amide bonds. The molecule has 0 radical (unpaired) electrons. The van der Waals surface area contributed by atoms with Crippen molar-refractivity contribution in [3.8, 4) is 16.9 Å². The SMILES string of the molecule is Cc1cc(-c2cccc3c2CCN(C(=O)c2cc(F)cn2C)C3)cc(C)c1O. The van der Waals surface area contributed by atoms with Gasteiger partial charge in [0.25, 0.3) is 5.91 Å². The highest BCUT2D eigenvalue weighted by atomic mass is 19.1. The van der Waals surface area contributed by atoms with Crippen LogP contribution in [-0.2, 0) is 20.0 Å². The molecule has 0 saturated carbocycles. The molecule has 0 aliphatic carbocycles. The number of amides is 1. The molecule has 1 N–H and O–H groups in total. The maximum atomic E-state index is 13.5. The van der Waals surface area contributed by atoms with Crippen LogP contribution in [-0.4, -0.2) is 27.0 Å². The molecule has 1 aliphatic heterocycles. The molecule has 1 aliphatic rings. The minimum atomic E-state index is -0.399. The van der Waals surface area contributed by atoms with E-state index in [4.69, 9.17) is 0 Å². The van der Waals surface area contributed by atoms with Gasteiger partial charge in [0, 0.05) is 32.4 Å². The van der Waals surface area contributed by atoms with Crippen molar-refractivity contribution in [2.24, 2.45) is 7.05 Å². The second-order valence-corrected chi connectivity index (χ2v) is 7.53. The third-order valence-corrected chi connectivity index (χ3v) is 5.55. The summed E-state index contributed by atoms with van der Waals surface area (Å²) in [6.45, 7) is 4.90. The number of fused-ring (bicyclic) bond motifs is 1. The summed E-state index contributed by atoms with van der Waals surface area (Å²) < 4.78 is 15.0. The lowest BCUT2D eigenvalue weighted by molar-refractivity contribution is 0.0725. The van der Waals surface area contributed by atoms with E-state index in [0.717, 1.165) is 34.2 Å². The second kappa shape index (κ2) is 6.82. The Morgan fingerprint density at radius 1 is 1.14 bits per heavy atom. The number of halogens is 1. The number of phenolic OH excluding ortho intramolecular Hbond substituents is 1. The molecular weight excluding hydrogens is 355 g/mol. The minimum absolute atomic E-state index is 0.154. The van der Waals surface area contributed by atoms with Crippen LogP contribution in [0.15, 0.2) is 42.6 Å². The van der Waals surface area contributed by atoms with Crippen LogP contribution < -0.4 is 0 Å². The zero-order chi connectivity index (χ0) is 20.0. The zero-order valence-corrected chi connectivity index (χ0v) is 16.3. The molecule has 2 aromatic carbocycles. The van der Waals surface area contributed by atoms with Gasteiger partial charge in [0.1, 0.15) is 17.3 Å². The number of carbonyl (C=O) groups is 1. The summed E-state index contributed by atoms with van der Waals surface area (Å²) in [5, 5.41) is 10.1. The molecule has 28 heavy (non-hydrogen) atoms. The first-order chi connectivity index (χ1) is 13.3. The second-order valence-electron chi connectivity index (χ2n) is 7.53. The Morgan fingerprint density at radius 3 is 2.50 bits per heavy atom. The molecule has 2 heterocycles. The Morgan fingerprint density at radius 2 is 1.86 bits per heavy atom. The Bertz CT molecular complexity index is 1060. The molecule has 4 nitrogen and oxygen atoms in total. The maximum absolute atomic E-state index is 13.5. The van der Waals surface area contributed by atoms with Crippen molar-refractivity contribution in [2.75, 3.05) is 6.54 Å². The lowest BCUT2D eigenvalue weighted by atomic mass is 9.89. The van der Waals surface area contributed by atoms with Gasteiger partial charge in [-0.2, -0.15) is 0 Å². The van der Waals surface area contributed by atoms with Gasteiger partial charge in [-0.25, -0.2) is 4.39 Å². The van der Waals surface area contributed by atoms with E-state index in [1.54, 1.807) is 11.9 Å². The largest absolute Gasteiger partial charge is 0.507 e. The summed E-state index contributed by atoms with van der Waals surface area (Å²) in [6.07, 6.45) is 2.06. The van der Waals surface area contributed by atoms with Crippen LogP contribution in [0.1, 0.15) is 32.7 Å². The van der Waals surface area contributed by atoms with Crippen molar-refractivity contribution < 1.29 is 14.3 Å². The first-order valence-corrected chi connectivity index (χ1v) is 9.37. The van der Waals surface area contributed by atoms with Crippen LogP contribution in [0.2, 0.25) is 0 Å². The van der Waals surface area contributed by atoms with Crippen molar-refractivity contribution in [1.82, 2.24) is 9.47 Å². The molecule has 5 heteroatoms. The van der Waals surface area contributed by atoms with Crippen LogP contribution in [0, 0.1) is 19.7 Å². The Hall–Kier alpha value is -3.08. The molecule has 1 aromatic heterocycles. The van der Waals surface area contributed by atoms with Crippen molar-refractivity contribution in [2.45, 2.75) is 26.8 Å². The van der Waals surface area contributed by atoms with E-state index >= 15 is 0 Å². The number of aryl methyl sites for hydroxylation is 3. The number of rotatable bonds is 2. The summed E-state index contributed by atoms with van der Waals surface area (Å²) in [7, 11) is 1.68. The summed E-state index contributed by atoms with van der Waals surface area (Å²) in [6, 6.07) is 11.4. The lowest BCUT2D eigenvalue weighted by Crippen LogP contribution is -2.37. The third kappa shape index (κ3) is 3.07. The van der Waals surface area contributed by atoms with Gasteiger partial charge in [0.05, 0.1) is 0 Å². The fourth-order valence-electron chi connectivity index (χ4n) is 4.06. The fourth-order valence-corrected chi connectivity index (χ4v) is 4.06. The first kappa shape index (κ1) is 18.3. The normalized spacial score (nSPS) is 13.5. The summed E-state index contributed by atoms with van der Waals surface area (Å²) in [5.41, 5.74) is 6.62. The Balaban J connectivity index is 1.67. The van der Waals surface area contributed by atoms with E-state index in [0.29, 0.717) is 24.5 Å². The van der Waals surface area contributed by atoms with Crippen LogP contribution >= 0.6 is 0 Å². The van der Waals surface area contributed by atoms with Gasteiger partial charge < -0.3 is 14.6 Å². The number of benzene rings is 2. The van der Waals surface area contributed by atoms with Gasteiger partial charge in [0.2, 0.25) is 0 Å². The molecule has 3 aromatic rings. The van der Waals surface area contributed by atoms with Crippen molar-refractivity contribution in [3.63, 3.8) is 0 Å². The number of aromatic hydroxyl groups is 1. The van der Waals surface area contributed by atoms with Crippen LogP contribution in [0.5, 0.6) is 5.75 Å². The number of aromatic nitrogens is 1. The molecule has 0 spiro atoms. The van der Waals surface area contributed by atoms with Crippen molar-refractivity contribution in [1.29, 1.82) is 0 Å². The average molecular weight is 378 g/mol. The van der Waals surface area contributed by atoms with E-state index in [1.807, 2.05) is 38.1 Å². The number of nitrogens with zero attached hydrogens (tertiary/aromatic N) is 2. The minimum Gasteiger partial charge on any atom is -0.507 e. The lowest BCUT2D eigenvalue weighted by Gasteiger charge is -2.30. The third-order valence-electron chi connectivity index (χ3n) is 5.55. The van der Waals surface area contributed by atoms with E-state index < -0.39 is 5.82 Å². The number of carbonyl (C=O) groups excluding carboxylic acids is 1. The van der Waals surface area contributed by atoms with E-state index in [9.17, 15) is 14.3 Å². The Labute approximate surface area is 163 Å². The standard InChI is InChI=1S/C23H23FN2O2/c1-14-9-17(10-15(2)22(14)27)19-6-4-5-16-12-26(8-7-20(16)19)23(28)21-11-18(24)13-25(21)3/h4-6,9-11,13,27H,7-8,12H2,1-3H3. The van der Waals surface area contributed by atoms with Gasteiger partial charge in [-0.1, -0.05) is 18.2 Å². The summed E-state index contributed by atoms with van der Waals surface area (Å²) in [4.78, 5) is 14.6. The average Bonchev–Trinajstić information content (AvgIpc) is 3.02. The maximum Gasteiger partial charge on any atom is 0.270 e. The predicted octanol–water partition coefficient (Wildman–Crippen LogP) is 4.35. The topological polar surface area (TPSA) is 45.5 Å². The highest BCUT2D eigenvalue weighted by Crippen LogP contribution is 2.34. The predicted molar refractivity (Wildman–Crippen MR) is 107 cm³/mol. The van der Waals surface area contributed by atoms with Gasteiger partial charge in [-0.05, 0) is 65.8 Å². The molecule has 0 bridgehead atoms. The molecule has 0 atom stereocenters. The quantitative estimate of drug-likeness (QED) is 0.720. The van der Waals surface area contributed by atoms with Gasteiger partial charge in [-0.15, -0.1) is 0 Å². The van der Waals surface area contributed by atoms with Gasteiger partial charge >= 0.3 is 0 Å². The highest BCUT2D eigenvalue weighted by molar-refractivity contribution is 5.93. The highest BCUT2D eigenvalue weighted by Gasteiger charge is 2.25. The molecule has 0 fully saturated rings. The van der Waals surface area contributed by atoms with Crippen LogP contribution in [0.25, 0.3) is 11.1 Å². The van der Waals surface area contributed by atoms with Gasteiger partial charge in [0.15, 0.2) is 0 Å². The van der Waals surface area contributed by atoms with Crippen molar-refractivity contribution in [3.05, 3.63) is 76.4 Å². The molecule has 0 unspecified atom stereocenters. The first-order valence-electron chi connectivity index (χ1n) is 9.37. The zero-order valence-electron chi connectivity index (χ0n) is 16.3. The van der Waals surface area contributed by atoms with Gasteiger partial charge in [-0.3, -0.25) is 4.79 Å². The van der Waals surface area contributed by atoms with E-state index in [-0.39, 0.29) is 5.91 Å². The fraction of sp³-hybridized carbons (Fsp3) is 0.261. The smallest absolute Gasteiger partial charge is 0.270 e. The summed E-state index contributed by atoms with van der Waals surface area (Å²) in [5.74, 6) is -0.220. The molecular formula is C23H23FN2O2. The van der Waals surface area contributed by atoms with E-state index in [2.05, 4.69) is 6.07 Å². The summed E-state index contributed by atoms with van der Waals surface area (Å²) >= 11 is 0. The molecule has 4 rings (SSSR count). The number of hydrogen-bond acceptors (Lipinski definition) is 2. The van der Waals surface area contributed by atoms with Crippen LogP contribution in [0.3, 0.4) is 0 Å². The number of phenols is 1. The van der Waals surface area contributed by atoms with E-state index in [1.165, 1.54) is 22.4 Å². The number of hydrogen-bond donors (Lipinski definition) is 1.